The maximum absolute atomic E-state index is 12.1. The van der Waals surface area contributed by atoms with Crippen molar-refractivity contribution in [2.75, 3.05) is 0 Å². The minimum absolute atomic E-state index is 0.335. The van der Waals surface area contributed by atoms with Gasteiger partial charge in [-0.25, -0.2) is 4.39 Å². The molecule has 0 aromatic carbocycles. The summed E-state index contributed by atoms with van der Waals surface area (Å²) in [4.78, 5) is 10.2. The van der Waals surface area contributed by atoms with Crippen LogP contribution in [0.25, 0.3) is 0 Å². The summed E-state index contributed by atoms with van der Waals surface area (Å²) >= 11 is 3.01. The lowest BCUT2D eigenvalue weighted by molar-refractivity contribution is -0.104. The van der Waals surface area contributed by atoms with Crippen LogP contribution < -0.4 is 0 Å². The van der Waals surface area contributed by atoms with Gasteiger partial charge in [0.2, 0.25) is 0 Å². The molecule has 0 unspecified atom stereocenters. The van der Waals surface area contributed by atoms with E-state index < -0.39 is 0 Å². The van der Waals surface area contributed by atoms with Crippen molar-refractivity contribution in [3.05, 3.63) is 34.6 Å². The molecule has 0 fully saturated rings. The Morgan fingerprint density at radius 3 is 2.36 bits per heavy atom. The van der Waals surface area contributed by atoms with Gasteiger partial charge in [0.1, 0.15) is 0 Å². The minimum Gasteiger partial charge on any atom is -0.298 e. The Morgan fingerprint density at radius 2 is 2.09 bits per heavy atom. The average Bonchev–Trinajstić information content (AvgIpc) is 1.87. The van der Waals surface area contributed by atoms with Crippen LogP contribution in [0.15, 0.2) is 34.6 Å². The highest BCUT2D eigenvalue weighted by Crippen LogP contribution is 2.12. The first-order chi connectivity index (χ1) is 5.07. The number of rotatable bonds is 3. The van der Waals surface area contributed by atoms with Crippen LogP contribution in [0.3, 0.4) is 0 Å². The Morgan fingerprint density at radius 1 is 1.55 bits per heavy atom. The third-order valence-corrected chi connectivity index (χ3v) is 1.39. The highest BCUT2D eigenvalue weighted by atomic mass is 79.9. The van der Waals surface area contributed by atoms with Crippen LogP contribution in [0.4, 0.5) is 4.39 Å². The van der Waals surface area contributed by atoms with E-state index in [-0.39, 0.29) is 5.83 Å². The van der Waals surface area contributed by atoms with Crippen molar-refractivity contribution in [3.63, 3.8) is 0 Å². The number of allylic oxidation sites excluding steroid dienone is 5. The van der Waals surface area contributed by atoms with Crippen molar-refractivity contribution in [1.29, 1.82) is 0 Å². The van der Waals surface area contributed by atoms with Gasteiger partial charge in [-0.15, -0.1) is 0 Å². The largest absolute Gasteiger partial charge is 0.298 e. The molecular weight excluding hydrogens is 211 g/mol. The van der Waals surface area contributed by atoms with Gasteiger partial charge in [0, 0.05) is 10.1 Å². The molecule has 0 aromatic heterocycles. The van der Waals surface area contributed by atoms with E-state index in [9.17, 15) is 9.18 Å². The third kappa shape index (κ3) is 4.67. The Hall–Kier alpha value is -0.700. The topological polar surface area (TPSA) is 17.1 Å². The summed E-state index contributed by atoms with van der Waals surface area (Å²) in [5, 5.41) is 0. The summed E-state index contributed by atoms with van der Waals surface area (Å²) < 4.78 is 12.6. The highest BCUT2D eigenvalue weighted by molar-refractivity contribution is 9.12. The summed E-state index contributed by atoms with van der Waals surface area (Å²) in [7, 11) is 0. The van der Waals surface area contributed by atoms with Gasteiger partial charge in [0.05, 0.1) is 5.83 Å². The monoisotopic (exact) mass is 218 g/mol. The molecule has 0 bridgehead atoms. The summed E-state index contributed by atoms with van der Waals surface area (Å²) in [6.45, 7) is 4.77. The second-order valence-corrected chi connectivity index (χ2v) is 2.86. The van der Waals surface area contributed by atoms with E-state index in [0.717, 1.165) is 0 Å². The van der Waals surface area contributed by atoms with Gasteiger partial charge in [-0.2, -0.15) is 0 Å². The number of hydrogen-bond acceptors (Lipinski definition) is 1. The summed E-state index contributed by atoms with van der Waals surface area (Å²) in [6.07, 6.45) is 3.17. The van der Waals surface area contributed by atoms with Crippen molar-refractivity contribution in [2.45, 2.75) is 6.92 Å². The molecule has 0 N–H and O–H groups in total. The molecule has 1 nitrogen and oxygen atoms in total. The van der Waals surface area contributed by atoms with Gasteiger partial charge in [0.15, 0.2) is 6.29 Å². The zero-order valence-electron chi connectivity index (χ0n) is 6.10. The zero-order valence-corrected chi connectivity index (χ0v) is 7.69. The molecule has 0 amide bonds. The van der Waals surface area contributed by atoms with Gasteiger partial charge in [-0.1, -0.05) is 22.5 Å². The van der Waals surface area contributed by atoms with Crippen LogP contribution in [0.1, 0.15) is 6.92 Å². The normalized spacial score (nSPS) is 13.0. The number of hydrogen-bond donors (Lipinski definition) is 0. The van der Waals surface area contributed by atoms with E-state index in [2.05, 4.69) is 22.5 Å². The fraction of sp³-hybridized carbons (Fsp3) is 0.125. The maximum atomic E-state index is 12.1. The van der Waals surface area contributed by atoms with Crippen LogP contribution in [0.2, 0.25) is 0 Å². The second kappa shape index (κ2) is 5.02. The lowest BCUT2D eigenvalue weighted by atomic mass is 10.2. The quantitative estimate of drug-likeness (QED) is 0.405. The van der Waals surface area contributed by atoms with Gasteiger partial charge < -0.3 is 0 Å². The van der Waals surface area contributed by atoms with Gasteiger partial charge in [0.25, 0.3) is 0 Å². The smallest absolute Gasteiger partial charge is 0.151 e. The van der Waals surface area contributed by atoms with E-state index in [1.165, 1.54) is 19.1 Å². The average molecular weight is 219 g/mol. The summed E-state index contributed by atoms with van der Waals surface area (Å²) in [5.41, 5.74) is 0.335. The molecule has 60 valence electrons. The van der Waals surface area contributed by atoms with E-state index in [1.807, 2.05) is 0 Å². The molecular formula is C8H8BrFO. The molecule has 0 aliphatic carbocycles. The lowest BCUT2D eigenvalue weighted by Gasteiger charge is -1.90. The van der Waals surface area contributed by atoms with Crippen LogP contribution in [-0.2, 0) is 4.79 Å². The number of carbonyl (C=O) groups excluding carboxylic acids is 1. The van der Waals surface area contributed by atoms with Crippen molar-refractivity contribution < 1.29 is 9.18 Å². The lowest BCUT2D eigenvalue weighted by Crippen LogP contribution is -1.80. The van der Waals surface area contributed by atoms with Gasteiger partial charge >= 0.3 is 0 Å². The molecule has 3 heteroatoms. The molecule has 0 aromatic rings. The minimum atomic E-state index is -0.349. The predicted octanol–water partition coefficient (Wildman–Crippen LogP) is 2.89. The summed E-state index contributed by atoms with van der Waals surface area (Å²) in [6, 6.07) is 0. The van der Waals surface area contributed by atoms with E-state index in [1.54, 1.807) is 0 Å². The Kier molecular flexibility index (Phi) is 4.70. The van der Waals surface area contributed by atoms with Gasteiger partial charge in [-0.05, 0) is 19.1 Å². The van der Waals surface area contributed by atoms with Gasteiger partial charge in [-0.3, -0.25) is 4.79 Å². The SMILES string of the molecule is C=C(Br)C(C=O)=CC=C(C)F. The molecule has 0 atom stereocenters. The Balaban J connectivity index is 4.50. The fourth-order valence-electron chi connectivity index (χ4n) is 0.398. The van der Waals surface area contributed by atoms with Crippen LogP contribution >= 0.6 is 15.9 Å². The second-order valence-electron chi connectivity index (χ2n) is 1.90. The molecule has 0 radical (unpaired) electrons. The van der Waals surface area contributed by atoms with E-state index in [4.69, 9.17) is 0 Å². The molecule has 0 rings (SSSR count). The first kappa shape index (κ1) is 10.3. The van der Waals surface area contributed by atoms with Crippen molar-refractivity contribution in [2.24, 2.45) is 0 Å². The van der Waals surface area contributed by atoms with Crippen molar-refractivity contribution >= 4 is 22.2 Å². The zero-order chi connectivity index (χ0) is 8.85. The van der Waals surface area contributed by atoms with Crippen LogP contribution in [0.5, 0.6) is 0 Å². The maximum Gasteiger partial charge on any atom is 0.151 e. The van der Waals surface area contributed by atoms with E-state index in [0.29, 0.717) is 16.3 Å². The third-order valence-electron chi connectivity index (χ3n) is 0.933. The Bertz CT molecular complexity index is 224. The van der Waals surface area contributed by atoms with E-state index >= 15 is 0 Å². The van der Waals surface area contributed by atoms with Crippen molar-refractivity contribution in [1.82, 2.24) is 0 Å². The molecule has 0 saturated carbocycles. The standard InChI is InChI=1S/C8H8BrFO/c1-6(10)3-4-8(5-11)7(2)9/h3-5H,2H2,1H3. The first-order valence-corrected chi connectivity index (χ1v) is 3.71. The first-order valence-electron chi connectivity index (χ1n) is 2.92. The number of halogens is 2. The number of carbonyl (C=O) groups is 1. The predicted molar refractivity (Wildman–Crippen MR) is 47.1 cm³/mol. The fourth-order valence-corrected chi connectivity index (χ4v) is 0.624. The summed E-state index contributed by atoms with van der Waals surface area (Å²) in [5.74, 6) is -0.349. The number of aldehydes is 1. The van der Waals surface area contributed by atoms with Crippen LogP contribution in [-0.4, -0.2) is 6.29 Å². The molecule has 11 heavy (non-hydrogen) atoms. The molecule has 0 spiro atoms. The Labute approximate surface area is 73.4 Å². The molecule has 0 aliphatic heterocycles. The molecule has 0 aliphatic rings. The molecule has 0 saturated heterocycles. The van der Waals surface area contributed by atoms with Crippen molar-refractivity contribution in [3.8, 4) is 0 Å². The van der Waals surface area contributed by atoms with Crippen LogP contribution in [0, 0.1) is 0 Å². The highest BCUT2D eigenvalue weighted by Gasteiger charge is 1.94. The molecule has 0 heterocycles.